The first-order valence-corrected chi connectivity index (χ1v) is 10.4. The molecule has 0 aliphatic carbocycles. The van der Waals surface area contributed by atoms with Gasteiger partial charge in [-0.25, -0.2) is 0 Å². The van der Waals surface area contributed by atoms with Gasteiger partial charge in [0.1, 0.15) is 5.75 Å². The Kier molecular flexibility index (Phi) is 8.32. The van der Waals surface area contributed by atoms with Gasteiger partial charge in [-0.05, 0) is 43.5 Å². The van der Waals surface area contributed by atoms with Crippen LogP contribution < -0.4 is 10.1 Å². The van der Waals surface area contributed by atoms with Crippen LogP contribution in [0.4, 0.5) is 5.69 Å². The average Bonchev–Trinajstić information content (AvgIpc) is 3.11. The second-order valence-corrected chi connectivity index (χ2v) is 8.30. The van der Waals surface area contributed by atoms with Gasteiger partial charge in [0.2, 0.25) is 0 Å². The molecular weight excluding hydrogens is 346 g/mol. The molecule has 1 saturated heterocycles. The van der Waals surface area contributed by atoms with Crippen LogP contribution in [0, 0.1) is 0 Å². The van der Waals surface area contributed by atoms with Crippen LogP contribution >= 0.6 is 21.6 Å². The predicted octanol–water partition coefficient (Wildman–Crippen LogP) is 3.89. The molecule has 0 unspecified atom stereocenters. The van der Waals surface area contributed by atoms with Gasteiger partial charge in [-0.2, -0.15) is 0 Å². The highest BCUT2D eigenvalue weighted by Crippen LogP contribution is 2.39. The molecule has 1 N–H and O–H groups in total. The van der Waals surface area contributed by atoms with E-state index in [4.69, 9.17) is 9.47 Å². The molecule has 1 aromatic rings. The van der Waals surface area contributed by atoms with Crippen LogP contribution in [0.5, 0.6) is 5.75 Å². The Bertz CT molecular complexity index is 530. The van der Waals surface area contributed by atoms with E-state index in [1.165, 1.54) is 12.2 Å². The van der Waals surface area contributed by atoms with E-state index in [9.17, 15) is 9.59 Å². The maximum Gasteiger partial charge on any atom is 0.306 e. The number of anilines is 1. The van der Waals surface area contributed by atoms with Crippen molar-refractivity contribution in [3.63, 3.8) is 0 Å². The minimum atomic E-state index is -0.340. The van der Waals surface area contributed by atoms with E-state index in [0.29, 0.717) is 17.9 Å². The first-order valence-electron chi connectivity index (χ1n) is 8.05. The molecule has 0 radical (unpaired) electrons. The first kappa shape index (κ1) is 19.0. The van der Waals surface area contributed by atoms with Crippen LogP contribution in [-0.2, 0) is 14.3 Å². The van der Waals surface area contributed by atoms with Gasteiger partial charge in [-0.1, -0.05) is 28.0 Å². The number of carbonyl (C=O) groups is 2. The molecule has 0 spiro atoms. The lowest BCUT2D eigenvalue weighted by molar-refractivity contribution is -0.147. The molecule has 5 nitrogen and oxygen atoms in total. The molecule has 0 aromatic heterocycles. The van der Waals surface area contributed by atoms with Gasteiger partial charge in [0.15, 0.2) is 6.61 Å². The van der Waals surface area contributed by atoms with Gasteiger partial charge in [0.25, 0.3) is 5.91 Å². The van der Waals surface area contributed by atoms with E-state index in [-0.39, 0.29) is 18.5 Å². The molecule has 0 bridgehead atoms. The molecule has 7 heteroatoms. The number of benzene rings is 1. The zero-order valence-corrected chi connectivity index (χ0v) is 15.4. The minimum Gasteiger partial charge on any atom is -0.497 e. The number of carbonyl (C=O) groups excluding carboxylic acids is 2. The molecule has 0 saturated carbocycles. The van der Waals surface area contributed by atoms with E-state index in [1.54, 1.807) is 31.4 Å². The van der Waals surface area contributed by atoms with E-state index in [0.717, 1.165) is 24.5 Å². The van der Waals surface area contributed by atoms with Crippen molar-refractivity contribution in [3.8, 4) is 5.75 Å². The number of amides is 1. The van der Waals surface area contributed by atoms with Crippen LogP contribution in [0.15, 0.2) is 24.3 Å². The summed E-state index contributed by atoms with van der Waals surface area (Å²) in [6.07, 6.45) is 4.65. The zero-order valence-electron chi connectivity index (χ0n) is 13.8. The summed E-state index contributed by atoms with van der Waals surface area (Å²) in [5.74, 6) is 1.30. The van der Waals surface area contributed by atoms with Gasteiger partial charge in [-0.3, -0.25) is 9.59 Å². The quantitative estimate of drug-likeness (QED) is 0.405. The second-order valence-electron chi connectivity index (χ2n) is 5.51. The molecule has 2 rings (SSSR count). The molecular formula is C17H23NO4S2. The normalized spacial score (nSPS) is 16.6. The molecule has 1 fully saturated rings. The molecule has 1 atom stereocenters. The lowest BCUT2D eigenvalue weighted by Crippen LogP contribution is -2.20. The van der Waals surface area contributed by atoms with E-state index in [1.807, 2.05) is 21.6 Å². The fourth-order valence-electron chi connectivity index (χ4n) is 2.30. The summed E-state index contributed by atoms with van der Waals surface area (Å²) in [6, 6.07) is 6.97. The number of rotatable bonds is 9. The third-order valence-corrected chi connectivity index (χ3v) is 6.63. The first-order chi connectivity index (χ1) is 11.7. The summed E-state index contributed by atoms with van der Waals surface area (Å²) in [6.45, 7) is -0.250. The Morgan fingerprint density at radius 3 is 2.71 bits per heavy atom. The molecule has 1 heterocycles. The minimum absolute atomic E-state index is 0.250. The monoisotopic (exact) mass is 369 g/mol. The number of hydrogen-bond donors (Lipinski definition) is 1. The number of ether oxygens (including phenoxy) is 2. The third kappa shape index (κ3) is 7.05. The summed E-state index contributed by atoms with van der Waals surface area (Å²) in [7, 11) is 5.47. The van der Waals surface area contributed by atoms with Crippen LogP contribution in [0.3, 0.4) is 0 Å². The van der Waals surface area contributed by atoms with Gasteiger partial charge < -0.3 is 14.8 Å². The molecule has 1 aliphatic heterocycles. The molecule has 1 amide bonds. The average molecular weight is 370 g/mol. The fourth-order valence-corrected chi connectivity index (χ4v) is 5.32. The number of unbranched alkanes of at least 4 members (excludes halogenated alkanes) is 1. The Morgan fingerprint density at radius 2 is 2.04 bits per heavy atom. The highest BCUT2D eigenvalue weighted by Gasteiger charge is 2.16. The van der Waals surface area contributed by atoms with Crippen LogP contribution in [0.25, 0.3) is 0 Å². The summed E-state index contributed by atoms with van der Waals surface area (Å²) >= 11 is 0. The topological polar surface area (TPSA) is 64.6 Å². The van der Waals surface area contributed by atoms with Gasteiger partial charge in [-0.15, -0.1) is 0 Å². The molecule has 1 aromatic carbocycles. The summed E-state index contributed by atoms with van der Waals surface area (Å²) in [4.78, 5) is 23.4. The van der Waals surface area contributed by atoms with Crippen LogP contribution in [0.1, 0.15) is 32.1 Å². The Balaban J connectivity index is 1.55. The van der Waals surface area contributed by atoms with E-state index < -0.39 is 0 Å². The van der Waals surface area contributed by atoms with Crippen LogP contribution in [0.2, 0.25) is 0 Å². The lowest BCUT2D eigenvalue weighted by atomic mass is 10.1. The lowest BCUT2D eigenvalue weighted by Gasteiger charge is -2.08. The number of methoxy groups -OCH3 is 1. The van der Waals surface area contributed by atoms with Crippen molar-refractivity contribution in [1.29, 1.82) is 0 Å². The van der Waals surface area contributed by atoms with Crippen molar-refractivity contribution < 1.29 is 19.1 Å². The van der Waals surface area contributed by atoms with E-state index >= 15 is 0 Å². The number of hydrogen-bond acceptors (Lipinski definition) is 6. The van der Waals surface area contributed by atoms with Crippen molar-refractivity contribution in [3.05, 3.63) is 24.3 Å². The molecule has 132 valence electrons. The van der Waals surface area contributed by atoms with Crippen molar-refractivity contribution in [2.24, 2.45) is 0 Å². The van der Waals surface area contributed by atoms with Crippen LogP contribution in [-0.4, -0.2) is 36.6 Å². The summed E-state index contributed by atoms with van der Waals surface area (Å²) in [5, 5.41) is 3.41. The zero-order chi connectivity index (χ0) is 17.2. The van der Waals surface area contributed by atoms with Crippen molar-refractivity contribution in [2.75, 3.05) is 24.8 Å². The summed E-state index contributed by atoms with van der Waals surface area (Å²) in [5.41, 5.74) is 0.642. The third-order valence-electron chi connectivity index (χ3n) is 3.62. The summed E-state index contributed by atoms with van der Waals surface area (Å²) < 4.78 is 10.1. The van der Waals surface area contributed by atoms with Crippen molar-refractivity contribution >= 4 is 39.2 Å². The Morgan fingerprint density at radius 1 is 1.25 bits per heavy atom. The van der Waals surface area contributed by atoms with Gasteiger partial charge >= 0.3 is 5.97 Å². The SMILES string of the molecule is COc1ccc(NC(=O)COC(=O)CCCC[C@@H]2CCSS2)cc1. The Labute approximate surface area is 150 Å². The highest BCUT2D eigenvalue weighted by molar-refractivity contribution is 8.77. The molecule has 1 aliphatic rings. The van der Waals surface area contributed by atoms with Gasteiger partial charge in [0, 0.05) is 23.1 Å². The smallest absolute Gasteiger partial charge is 0.306 e. The van der Waals surface area contributed by atoms with Crippen molar-refractivity contribution in [2.45, 2.75) is 37.4 Å². The largest absolute Gasteiger partial charge is 0.497 e. The number of esters is 1. The standard InChI is InChI=1S/C17H23NO4S2/c1-21-14-8-6-13(7-9-14)18-16(19)12-22-17(20)5-3-2-4-15-10-11-23-24-15/h6-9,15H,2-5,10-12H2,1H3,(H,18,19)/t15-/m1/s1. The number of nitrogens with one attached hydrogen (secondary N) is 1. The Hall–Kier alpha value is -1.34. The van der Waals surface area contributed by atoms with Gasteiger partial charge in [0.05, 0.1) is 7.11 Å². The maximum absolute atomic E-state index is 11.8. The second kappa shape index (κ2) is 10.5. The maximum atomic E-state index is 11.8. The predicted molar refractivity (Wildman–Crippen MR) is 99.5 cm³/mol. The van der Waals surface area contributed by atoms with Crippen molar-refractivity contribution in [1.82, 2.24) is 0 Å². The molecule has 24 heavy (non-hydrogen) atoms. The fraction of sp³-hybridized carbons (Fsp3) is 0.529. The highest BCUT2D eigenvalue weighted by atomic mass is 33.1. The van der Waals surface area contributed by atoms with E-state index in [2.05, 4.69) is 5.32 Å².